The quantitative estimate of drug-likeness (QED) is 0.653. The van der Waals surface area contributed by atoms with Gasteiger partial charge < -0.3 is 14.6 Å². The lowest BCUT2D eigenvalue weighted by Gasteiger charge is -2.06. The van der Waals surface area contributed by atoms with Gasteiger partial charge in [-0.25, -0.2) is 8.78 Å². The highest BCUT2D eigenvalue weighted by atomic mass is 28.2. The highest BCUT2D eigenvalue weighted by Crippen LogP contribution is 2.22. The largest absolute Gasteiger partial charge is 0.366 e. The van der Waals surface area contributed by atoms with Crippen LogP contribution in [0.15, 0.2) is 42.5 Å². The van der Waals surface area contributed by atoms with Crippen molar-refractivity contribution in [3.63, 3.8) is 0 Å². The van der Waals surface area contributed by atoms with Crippen LogP contribution < -0.4 is 5.19 Å². The summed E-state index contributed by atoms with van der Waals surface area (Å²) >= 11 is 0. The second kappa shape index (κ2) is 6.03. The van der Waals surface area contributed by atoms with Crippen LogP contribution in [0, 0.1) is 11.6 Å². The van der Waals surface area contributed by atoms with Gasteiger partial charge in [0.1, 0.15) is 11.6 Å². The van der Waals surface area contributed by atoms with E-state index in [0.29, 0.717) is 11.1 Å². The Kier molecular flexibility index (Phi) is 4.38. The molecule has 2 N–H and O–H groups in total. The van der Waals surface area contributed by atoms with Gasteiger partial charge in [-0.2, -0.15) is 0 Å². The number of hydrogen-bond acceptors (Lipinski definition) is 3. The van der Waals surface area contributed by atoms with Crippen LogP contribution in [0.1, 0.15) is 0 Å². The molecule has 0 aliphatic rings. The van der Waals surface area contributed by atoms with Crippen LogP contribution in [0.3, 0.4) is 0 Å². The van der Waals surface area contributed by atoms with Crippen molar-refractivity contribution in [1.82, 2.24) is 0 Å². The van der Waals surface area contributed by atoms with E-state index >= 15 is 0 Å². The van der Waals surface area contributed by atoms with Gasteiger partial charge >= 0.3 is 0 Å². The molecular formula is C13H10F2O3Si. The zero-order valence-electron chi connectivity index (χ0n) is 9.68. The smallest absolute Gasteiger partial charge is 0.275 e. The molecule has 0 saturated heterocycles. The summed E-state index contributed by atoms with van der Waals surface area (Å²) in [6.45, 7) is -1.81. The van der Waals surface area contributed by atoms with E-state index in [-0.39, 0.29) is 9.76 Å². The van der Waals surface area contributed by atoms with Gasteiger partial charge in [-0.15, -0.1) is 0 Å². The fourth-order valence-electron chi connectivity index (χ4n) is 1.56. The van der Waals surface area contributed by atoms with Crippen LogP contribution >= 0.6 is 0 Å². The van der Waals surface area contributed by atoms with Crippen molar-refractivity contribution in [2.75, 3.05) is 0 Å². The Labute approximate surface area is 111 Å². The lowest BCUT2D eigenvalue weighted by molar-refractivity contribution is -0.179. The molecule has 0 unspecified atom stereocenters. The molecule has 0 heterocycles. The molecule has 0 atom stereocenters. The summed E-state index contributed by atoms with van der Waals surface area (Å²) in [5.41, 5.74) is 0.912. The van der Waals surface area contributed by atoms with Gasteiger partial charge in [0.25, 0.3) is 16.2 Å². The number of aliphatic hydroxyl groups excluding tert-OH is 1. The molecule has 2 aromatic carbocycles. The first kappa shape index (κ1) is 13.8. The summed E-state index contributed by atoms with van der Waals surface area (Å²) < 4.78 is 31.0. The van der Waals surface area contributed by atoms with Crippen LogP contribution in [0.4, 0.5) is 8.78 Å². The molecule has 6 heteroatoms. The maximum atomic E-state index is 13.6. The Morgan fingerprint density at radius 2 is 1.68 bits per heavy atom. The summed E-state index contributed by atoms with van der Waals surface area (Å²) in [6.07, 6.45) is 0. The molecule has 0 aromatic heterocycles. The third-order valence-electron chi connectivity index (χ3n) is 2.41. The van der Waals surface area contributed by atoms with Crippen molar-refractivity contribution in [3.05, 3.63) is 54.1 Å². The van der Waals surface area contributed by atoms with Crippen LogP contribution in [-0.4, -0.2) is 26.5 Å². The second-order valence-corrected chi connectivity index (χ2v) is 4.76. The first-order valence-corrected chi connectivity index (χ1v) is 6.30. The Bertz CT molecular complexity index is 558. The maximum Gasteiger partial charge on any atom is 0.275 e. The summed E-state index contributed by atoms with van der Waals surface area (Å²) in [4.78, 5) is 0. The summed E-state index contributed by atoms with van der Waals surface area (Å²) in [5.74, 6) is -1.25. The lowest BCUT2D eigenvalue weighted by atomic mass is 10.1. The molecule has 0 fully saturated rings. The minimum absolute atomic E-state index is 0.220. The van der Waals surface area contributed by atoms with Crippen LogP contribution in [0.5, 0.6) is 0 Å². The van der Waals surface area contributed by atoms with Crippen molar-refractivity contribution >= 4 is 14.9 Å². The van der Waals surface area contributed by atoms with Gasteiger partial charge in [0.2, 0.25) is 0 Å². The Morgan fingerprint density at radius 1 is 1.00 bits per heavy atom. The van der Waals surface area contributed by atoms with Crippen molar-refractivity contribution in [3.8, 4) is 11.1 Å². The number of halogens is 2. The Balaban J connectivity index is 2.18. The Morgan fingerprint density at radius 3 is 2.26 bits per heavy atom. The highest BCUT2D eigenvalue weighted by Gasteiger charge is 2.07. The van der Waals surface area contributed by atoms with Gasteiger partial charge in [-0.05, 0) is 22.9 Å². The predicted molar refractivity (Wildman–Crippen MR) is 66.5 cm³/mol. The molecular weight excluding hydrogens is 270 g/mol. The monoisotopic (exact) mass is 280 g/mol. The van der Waals surface area contributed by atoms with E-state index in [1.54, 1.807) is 24.3 Å². The molecule has 0 amide bonds. The van der Waals surface area contributed by atoms with E-state index in [0.717, 1.165) is 11.3 Å². The summed E-state index contributed by atoms with van der Waals surface area (Å²) in [5, 5.41) is 17.9. The summed E-state index contributed by atoms with van der Waals surface area (Å²) in [7, 11) is -0.220. The molecule has 2 aromatic rings. The molecule has 0 aliphatic heterocycles. The molecule has 98 valence electrons. The van der Waals surface area contributed by atoms with Crippen LogP contribution in [0.2, 0.25) is 0 Å². The van der Waals surface area contributed by atoms with E-state index in [9.17, 15) is 8.78 Å². The molecule has 0 saturated carbocycles. The molecule has 2 radical (unpaired) electrons. The SMILES string of the molecule is OC(O)O[Si]c1ccc(-c2ccc(F)cc2F)cc1. The molecule has 0 spiro atoms. The average Bonchev–Trinajstić information content (AvgIpc) is 2.37. The maximum absolute atomic E-state index is 13.6. The standard InChI is InChI=1S/C13H10F2O3Si/c14-9-3-6-11(12(15)7-9)8-1-4-10(5-2-8)19-18-13(16)17/h1-7,13,16-17H. The van der Waals surface area contributed by atoms with E-state index in [2.05, 4.69) is 4.43 Å². The van der Waals surface area contributed by atoms with Crippen LogP contribution in [-0.2, 0) is 4.43 Å². The number of benzene rings is 2. The molecule has 3 nitrogen and oxygen atoms in total. The molecule has 19 heavy (non-hydrogen) atoms. The second-order valence-electron chi connectivity index (χ2n) is 3.75. The average molecular weight is 280 g/mol. The van der Waals surface area contributed by atoms with Crippen molar-refractivity contribution in [2.45, 2.75) is 6.48 Å². The van der Waals surface area contributed by atoms with E-state index < -0.39 is 18.1 Å². The van der Waals surface area contributed by atoms with Crippen LogP contribution in [0.25, 0.3) is 11.1 Å². The number of aliphatic hydroxyl groups is 2. The molecule has 0 aliphatic carbocycles. The van der Waals surface area contributed by atoms with Gasteiger partial charge in [0, 0.05) is 11.6 Å². The fraction of sp³-hybridized carbons (Fsp3) is 0.0769. The number of hydrogen-bond donors (Lipinski definition) is 2. The first-order chi connectivity index (χ1) is 9.06. The minimum Gasteiger partial charge on any atom is -0.366 e. The third-order valence-corrected chi connectivity index (χ3v) is 3.31. The highest BCUT2D eigenvalue weighted by molar-refractivity contribution is 6.46. The van der Waals surface area contributed by atoms with Crippen molar-refractivity contribution < 1.29 is 23.4 Å². The van der Waals surface area contributed by atoms with Gasteiger partial charge in [0.05, 0.1) is 0 Å². The third kappa shape index (κ3) is 3.68. The normalized spacial score (nSPS) is 11.0. The molecule has 2 rings (SSSR count). The minimum atomic E-state index is -1.81. The van der Waals surface area contributed by atoms with Crippen molar-refractivity contribution in [1.29, 1.82) is 0 Å². The summed E-state index contributed by atoms with van der Waals surface area (Å²) in [6, 6.07) is 10.1. The topological polar surface area (TPSA) is 49.7 Å². The predicted octanol–water partition coefficient (Wildman–Crippen LogP) is 1.16. The number of rotatable bonds is 4. The van der Waals surface area contributed by atoms with E-state index in [1.165, 1.54) is 12.1 Å². The van der Waals surface area contributed by atoms with Gasteiger partial charge in [-0.1, -0.05) is 24.3 Å². The van der Waals surface area contributed by atoms with E-state index in [4.69, 9.17) is 10.2 Å². The van der Waals surface area contributed by atoms with Gasteiger partial charge in [0.15, 0.2) is 0 Å². The zero-order valence-corrected chi connectivity index (χ0v) is 10.7. The Hall–Kier alpha value is -1.60. The lowest BCUT2D eigenvalue weighted by Crippen LogP contribution is -2.23. The van der Waals surface area contributed by atoms with Gasteiger partial charge in [-0.3, -0.25) is 0 Å². The fourth-order valence-corrected chi connectivity index (χ4v) is 2.11. The van der Waals surface area contributed by atoms with E-state index in [1.807, 2.05) is 0 Å². The molecule has 0 bridgehead atoms. The first-order valence-electron chi connectivity index (χ1n) is 5.39. The zero-order chi connectivity index (χ0) is 13.8. The van der Waals surface area contributed by atoms with Crippen molar-refractivity contribution in [2.24, 2.45) is 0 Å².